The highest BCUT2D eigenvalue weighted by molar-refractivity contribution is 4.97. The van der Waals surface area contributed by atoms with Gasteiger partial charge in [0, 0.05) is 0 Å². The average molecular weight is 155 g/mol. The third-order valence-electron chi connectivity index (χ3n) is 1.29. The maximum absolute atomic E-state index is 5.14. The molecule has 2 rings (SSSR count). The highest BCUT2D eigenvalue weighted by Gasteiger charge is 2.21. The van der Waals surface area contributed by atoms with Crippen molar-refractivity contribution < 1.29 is 9.47 Å². The molecule has 1 aromatic rings. The fraction of sp³-hybridized carbons (Fsp3) is 0.600. The Morgan fingerprint density at radius 3 is 2.73 bits per heavy atom. The van der Waals surface area contributed by atoms with E-state index in [-0.39, 0.29) is 0 Å². The van der Waals surface area contributed by atoms with Crippen molar-refractivity contribution in [3.8, 4) is 0 Å². The molecule has 1 aliphatic heterocycles. The first-order chi connectivity index (χ1) is 5.47. The van der Waals surface area contributed by atoms with E-state index in [1.54, 1.807) is 0 Å². The molecular weight excluding hydrogens is 148 g/mol. The summed E-state index contributed by atoms with van der Waals surface area (Å²) in [5.74, 6) is 0.449. The van der Waals surface area contributed by atoms with Crippen LogP contribution in [-0.4, -0.2) is 33.8 Å². The van der Waals surface area contributed by atoms with Crippen LogP contribution in [0.4, 0.5) is 0 Å². The summed E-state index contributed by atoms with van der Waals surface area (Å²) in [6.07, 6.45) is 1.30. The zero-order valence-corrected chi connectivity index (χ0v) is 5.78. The van der Waals surface area contributed by atoms with Gasteiger partial charge in [-0.2, -0.15) is 0 Å². The van der Waals surface area contributed by atoms with E-state index in [0.29, 0.717) is 25.3 Å². The van der Waals surface area contributed by atoms with E-state index in [0.717, 1.165) is 6.42 Å². The SMILES string of the molecule is C1CO[C](c2nnn[nH]2)OC1. The zero-order chi connectivity index (χ0) is 7.52. The molecule has 0 saturated carbocycles. The maximum atomic E-state index is 5.14. The van der Waals surface area contributed by atoms with Gasteiger partial charge >= 0.3 is 0 Å². The van der Waals surface area contributed by atoms with Gasteiger partial charge in [0.25, 0.3) is 6.29 Å². The molecule has 1 N–H and O–H groups in total. The molecule has 0 aromatic carbocycles. The van der Waals surface area contributed by atoms with Crippen molar-refractivity contribution in [2.75, 3.05) is 13.2 Å². The van der Waals surface area contributed by atoms with Crippen LogP contribution < -0.4 is 0 Å². The van der Waals surface area contributed by atoms with Gasteiger partial charge in [-0.1, -0.05) is 0 Å². The van der Waals surface area contributed by atoms with Crippen molar-refractivity contribution in [3.05, 3.63) is 12.1 Å². The lowest BCUT2D eigenvalue weighted by molar-refractivity contribution is -0.0733. The number of aromatic amines is 1. The van der Waals surface area contributed by atoms with Gasteiger partial charge in [0.2, 0.25) is 5.82 Å². The maximum Gasteiger partial charge on any atom is 0.296 e. The summed E-state index contributed by atoms with van der Waals surface area (Å²) in [5.41, 5.74) is 0. The number of ether oxygens (including phenoxy) is 2. The van der Waals surface area contributed by atoms with Crippen molar-refractivity contribution in [1.29, 1.82) is 0 Å². The van der Waals surface area contributed by atoms with E-state index < -0.39 is 0 Å². The van der Waals surface area contributed by atoms with E-state index in [2.05, 4.69) is 20.6 Å². The number of aromatic nitrogens is 4. The van der Waals surface area contributed by atoms with Crippen molar-refractivity contribution in [2.24, 2.45) is 0 Å². The van der Waals surface area contributed by atoms with Crippen LogP contribution in [0.3, 0.4) is 0 Å². The second kappa shape index (κ2) is 2.93. The van der Waals surface area contributed by atoms with Crippen molar-refractivity contribution in [1.82, 2.24) is 20.6 Å². The Morgan fingerprint density at radius 1 is 1.27 bits per heavy atom. The average Bonchev–Trinajstić information content (AvgIpc) is 2.58. The number of tetrazole rings is 1. The first-order valence-corrected chi connectivity index (χ1v) is 3.33. The van der Waals surface area contributed by atoms with Crippen molar-refractivity contribution >= 4 is 0 Å². The predicted octanol–water partition coefficient (Wildman–Crippen LogP) is -0.526. The number of H-pyrrole nitrogens is 1. The normalized spacial score (nSPS) is 20.4. The van der Waals surface area contributed by atoms with E-state index in [9.17, 15) is 0 Å². The zero-order valence-electron chi connectivity index (χ0n) is 5.78. The van der Waals surface area contributed by atoms with Crippen LogP contribution >= 0.6 is 0 Å². The molecule has 1 saturated heterocycles. The summed E-state index contributed by atoms with van der Waals surface area (Å²) in [7, 11) is 0. The predicted molar refractivity (Wildman–Crippen MR) is 33.0 cm³/mol. The van der Waals surface area contributed by atoms with Gasteiger partial charge in [0.15, 0.2) is 0 Å². The molecular formula is C5H7N4O2. The van der Waals surface area contributed by atoms with Gasteiger partial charge in [-0.15, -0.1) is 5.10 Å². The molecule has 0 amide bonds. The molecule has 1 fully saturated rings. The minimum absolute atomic E-state index is 0.390. The fourth-order valence-electron chi connectivity index (χ4n) is 0.813. The molecule has 1 aliphatic rings. The number of hydrogen-bond donors (Lipinski definition) is 1. The van der Waals surface area contributed by atoms with E-state index >= 15 is 0 Å². The Morgan fingerprint density at radius 2 is 2.09 bits per heavy atom. The first-order valence-electron chi connectivity index (χ1n) is 3.33. The topological polar surface area (TPSA) is 72.9 Å². The lowest BCUT2D eigenvalue weighted by Crippen LogP contribution is -2.19. The Bertz CT molecular complexity index is 206. The molecule has 0 spiro atoms. The summed E-state index contributed by atoms with van der Waals surface area (Å²) in [6.45, 7) is 1.33. The molecule has 11 heavy (non-hydrogen) atoms. The van der Waals surface area contributed by atoms with Crippen molar-refractivity contribution in [2.45, 2.75) is 6.42 Å². The minimum Gasteiger partial charge on any atom is -0.339 e. The second-order valence-electron chi connectivity index (χ2n) is 2.09. The van der Waals surface area contributed by atoms with Crippen molar-refractivity contribution in [3.63, 3.8) is 0 Å². The molecule has 0 unspecified atom stereocenters. The molecule has 1 aromatic heterocycles. The molecule has 0 aliphatic carbocycles. The quantitative estimate of drug-likeness (QED) is 0.590. The van der Waals surface area contributed by atoms with Crippen LogP contribution in [0.1, 0.15) is 12.2 Å². The van der Waals surface area contributed by atoms with Gasteiger partial charge in [0.1, 0.15) is 0 Å². The van der Waals surface area contributed by atoms with Crippen LogP contribution in [0, 0.1) is 6.29 Å². The summed E-state index contributed by atoms with van der Waals surface area (Å²) in [5, 5.41) is 13.0. The molecule has 1 radical (unpaired) electrons. The lowest BCUT2D eigenvalue weighted by atomic mass is 10.4. The second-order valence-corrected chi connectivity index (χ2v) is 2.09. The summed E-state index contributed by atoms with van der Waals surface area (Å²) < 4.78 is 10.3. The van der Waals surface area contributed by atoms with Gasteiger partial charge in [-0.25, -0.2) is 5.10 Å². The van der Waals surface area contributed by atoms with E-state index in [4.69, 9.17) is 9.47 Å². The summed E-state index contributed by atoms with van der Waals surface area (Å²) in [4.78, 5) is 0. The smallest absolute Gasteiger partial charge is 0.296 e. The Labute approximate surface area is 62.9 Å². The number of nitrogens with one attached hydrogen (secondary N) is 1. The van der Waals surface area contributed by atoms with Crippen LogP contribution in [0.2, 0.25) is 0 Å². The molecule has 2 heterocycles. The van der Waals surface area contributed by atoms with Crippen LogP contribution in [0.25, 0.3) is 0 Å². The first kappa shape index (κ1) is 6.68. The largest absolute Gasteiger partial charge is 0.339 e. The van der Waals surface area contributed by atoms with Gasteiger partial charge in [0.05, 0.1) is 13.2 Å². The Hall–Kier alpha value is -1.01. The number of nitrogens with zero attached hydrogens (tertiary/aromatic N) is 3. The number of hydrogen-bond acceptors (Lipinski definition) is 5. The molecule has 59 valence electrons. The van der Waals surface area contributed by atoms with Crippen LogP contribution in [0.15, 0.2) is 0 Å². The van der Waals surface area contributed by atoms with Gasteiger partial charge in [-0.3, -0.25) is 0 Å². The third-order valence-corrected chi connectivity index (χ3v) is 1.29. The molecule has 0 bridgehead atoms. The number of rotatable bonds is 1. The summed E-state index contributed by atoms with van der Waals surface area (Å²) >= 11 is 0. The fourth-order valence-corrected chi connectivity index (χ4v) is 0.813. The van der Waals surface area contributed by atoms with Gasteiger partial charge in [-0.05, 0) is 16.8 Å². The highest BCUT2D eigenvalue weighted by Crippen LogP contribution is 2.16. The highest BCUT2D eigenvalue weighted by atomic mass is 16.7. The third kappa shape index (κ3) is 1.36. The Kier molecular flexibility index (Phi) is 1.78. The van der Waals surface area contributed by atoms with E-state index in [1.165, 1.54) is 0 Å². The van der Waals surface area contributed by atoms with Crippen LogP contribution in [0.5, 0.6) is 0 Å². The van der Waals surface area contributed by atoms with Gasteiger partial charge < -0.3 is 9.47 Å². The lowest BCUT2D eigenvalue weighted by Gasteiger charge is -2.18. The summed E-state index contributed by atoms with van der Waals surface area (Å²) in [6, 6.07) is 0. The van der Waals surface area contributed by atoms with Crippen LogP contribution in [-0.2, 0) is 9.47 Å². The molecule has 0 atom stereocenters. The minimum atomic E-state index is 0.390. The van der Waals surface area contributed by atoms with E-state index in [1.807, 2.05) is 0 Å². The standard InChI is InChI=1S/C5H7N4O2/c1-2-10-5(11-3-1)4-6-8-9-7-4/h1-3H2,(H,6,7,8,9). The molecule has 6 heteroatoms. The molecule has 6 nitrogen and oxygen atoms in total. The monoisotopic (exact) mass is 155 g/mol. The Balaban J connectivity index is 2.04.